The van der Waals surface area contributed by atoms with Crippen LogP contribution in [-0.2, 0) is 21.2 Å². The number of aliphatic carboxylic acids is 1. The maximum Gasteiger partial charge on any atom is 0.307 e. The zero-order valence-electron chi connectivity index (χ0n) is 17.7. The molecule has 0 bridgehead atoms. The van der Waals surface area contributed by atoms with E-state index in [4.69, 9.17) is 11.6 Å². The Morgan fingerprint density at radius 1 is 1.12 bits per heavy atom. The average Bonchev–Trinajstić information content (AvgIpc) is 3.12. The fourth-order valence-corrected chi connectivity index (χ4v) is 6.17. The number of benzene rings is 2. The summed E-state index contributed by atoms with van der Waals surface area (Å²) in [7, 11) is -3.80. The van der Waals surface area contributed by atoms with Crippen LogP contribution in [0.15, 0.2) is 47.4 Å². The molecule has 2 aromatic carbocycles. The zero-order chi connectivity index (χ0) is 22.7. The maximum atomic E-state index is 13.0. The highest BCUT2D eigenvalue weighted by Gasteiger charge is 2.22. The van der Waals surface area contributed by atoms with Gasteiger partial charge in [0, 0.05) is 17.4 Å². The van der Waals surface area contributed by atoms with Gasteiger partial charge in [0.15, 0.2) is 0 Å². The molecule has 1 aliphatic rings. The van der Waals surface area contributed by atoms with Crippen molar-refractivity contribution >= 4 is 38.5 Å². The molecule has 170 valence electrons. The van der Waals surface area contributed by atoms with E-state index in [1.54, 1.807) is 12.1 Å². The Bertz CT molecular complexity index is 1230. The molecule has 1 saturated carbocycles. The molecule has 8 heteroatoms. The molecule has 1 fully saturated rings. The van der Waals surface area contributed by atoms with Gasteiger partial charge in [0.25, 0.3) is 0 Å². The van der Waals surface area contributed by atoms with Crippen LogP contribution in [0.3, 0.4) is 0 Å². The smallest absolute Gasteiger partial charge is 0.307 e. The van der Waals surface area contributed by atoms with Crippen molar-refractivity contribution in [1.82, 2.24) is 9.71 Å². The van der Waals surface area contributed by atoms with Gasteiger partial charge in [0.05, 0.1) is 17.1 Å². The number of aromatic nitrogens is 1. The van der Waals surface area contributed by atoms with E-state index in [9.17, 15) is 18.3 Å². The minimum absolute atomic E-state index is 0.000224. The van der Waals surface area contributed by atoms with E-state index < -0.39 is 16.0 Å². The lowest BCUT2D eigenvalue weighted by Gasteiger charge is -2.21. The molecule has 1 aromatic heterocycles. The molecular formula is C24H27ClN2O4S. The summed E-state index contributed by atoms with van der Waals surface area (Å²) in [5, 5.41) is 10.3. The molecule has 3 aromatic rings. The fourth-order valence-electron chi connectivity index (χ4n) is 4.60. The molecule has 3 N–H and O–H groups in total. The monoisotopic (exact) mass is 474 g/mol. The number of H-pyrrole nitrogens is 1. The fraction of sp³-hybridized carbons (Fsp3) is 0.375. The number of carbonyl (C=O) groups is 1. The molecule has 32 heavy (non-hydrogen) atoms. The summed E-state index contributed by atoms with van der Waals surface area (Å²) in [6.45, 7) is 0.379. The Kier molecular flexibility index (Phi) is 6.88. The van der Waals surface area contributed by atoms with Gasteiger partial charge in [-0.1, -0.05) is 68.0 Å². The highest BCUT2D eigenvalue weighted by molar-refractivity contribution is 7.89. The van der Waals surface area contributed by atoms with Gasteiger partial charge in [0.2, 0.25) is 10.0 Å². The van der Waals surface area contributed by atoms with Crippen LogP contribution in [0.25, 0.3) is 22.2 Å². The van der Waals surface area contributed by atoms with Crippen molar-refractivity contribution in [3.63, 3.8) is 0 Å². The number of para-hydroxylation sites is 1. The standard InChI is InChI=1S/C24H27ClN2O4S/c25-20-11-10-17(24-19(15-23(28)29)18-8-4-5-9-21(18)27-24)14-22(20)32(30,31)26-13-12-16-6-2-1-3-7-16/h4-5,8-11,14,16,26-27H,1-3,6-7,12-13,15H2,(H,28,29). The Morgan fingerprint density at radius 2 is 1.88 bits per heavy atom. The molecule has 0 aliphatic heterocycles. The van der Waals surface area contributed by atoms with Crippen LogP contribution >= 0.6 is 11.6 Å². The lowest BCUT2D eigenvalue weighted by molar-refractivity contribution is -0.136. The van der Waals surface area contributed by atoms with Gasteiger partial charge < -0.3 is 10.1 Å². The van der Waals surface area contributed by atoms with Gasteiger partial charge in [-0.3, -0.25) is 4.79 Å². The van der Waals surface area contributed by atoms with Crippen LogP contribution in [0.1, 0.15) is 44.1 Å². The maximum absolute atomic E-state index is 13.0. The predicted octanol–water partition coefficient (Wildman–Crippen LogP) is 5.36. The molecule has 0 unspecified atom stereocenters. The summed E-state index contributed by atoms with van der Waals surface area (Å²) < 4.78 is 28.7. The van der Waals surface area contributed by atoms with Gasteiger partial charge in [-0.25, -0.2) is 13.1 Å². The van der Waals surface area contributed by atoms with Gasteiger partial charge in [-0.15, -0.1) is 0 Å². The SMILES string of the molecule is O=C(O)Cc1c(-c2ccc(Cl)c(S(=O)(=O)NCCC3CCCCC3)c2)[nH]c2ccccc12. The van der Waals surface area contributed by atoms with Crippen molar-refractivity contribution in [3.8, 4) is 11.3 Å². The van der Waals surface area contributed by atoms with Crippen molar-refractivity contribution in [1.29, 1.82) is 0 Å². The third-order valence-corrected chi connectivity index (χ3v) is 8.16. The minimum atomic E-state index is -3.80. The van der Waals surface area contributed by atoms with Gasteiger partial charge >= 0.3 is 5.97 Å². The average molecular weight is 475 g/mol. The molecule has 6 nitrogen and oxygen atoms in total. The molecular weight excluding hydrogens is 448 g/mol. The second-order valence-electron chi connectivity index (χ2n) is 8.43. The topological polar surface area (TPSA) is 99.3 Å². The van der Waals surface area contributed by atoms with Crippen LogP contribution in [0.2, 0.25) is 5.02 Å². The number of halogens is 1. The summed E-state index contributed by atoms with van der Waals surface area (Å²) in [6.07, 6.45) is 6.66. The Labute approximate surface area is 193 Å². The van der Waals surface area contributed by atoms with E-state index in [0.29, 0.717) is 29.3 Å². The second-order valence-corrected chi connectivity index (χ2v) is 10.6. The van der Waals surface area contributed by atoms with Crippen LogP contribution in [0.4, 0.5) is 0 Å². The van der Waals surface area contributed by atoms with Crippen LogP contribution in [0.5, 0.6) is 0 Å². The summed E-state index contributed by atoms with van der Waals surface area (Å²) in [6, 6.07) is 12.2. The largest absolute Gasteiger partial charge is 0.481 e. The van der Waals surface area contributed by atoms with E-state index in [-0.39, 0.29) is 16.3 Å². The normalized spacial score (nSPS) is 15.3. The summed E-state index contributed by atoms with van der Waals surface area (Å²) in [5.41, 5.74) is 2.58. The van der Waals surface area contributed by atoms with E-state index in [1.165, 1.54) is 25.3 Å². The predicted molar refractivity (Wildman–Crippen MR) is 126 cm³/mol. The minimum Gasteiger partial charge on any atom is -0.481 e. The highest BCUT2D eigenvalue weighted by atomic mass is 35.5. The van der Waals surface area contributed by atoms with Gasteiger partial charge in [-0.2, -0.15) is 0 Å². The number of aromatic amines is 1. The van der Waals surface area contributed by atoms with E-state index in [2.05, 4.69) is 9.71 Å². The number of rotatable bonds is 8. The summed E-state index contributed by atoms with van der Waals surface area (Å²) in [5.74, 6) is -0.389. The van der Waals surface area contributed by atoms with Crippen molar-refractivity contribution in [2.45, 2.75) is 49.8 Å². The molecule has 0 amide bonds. The van der Waals surface area contributed by atoms with Crippen LogP contribution in [0, 0.1) is 5.92 Å². The third-order valence-electron chi connectivity index (χ3n) is 6.22. The number of carboxylic acid groups (broad SMARTS) is 1. The second kappa shape index (κ2) is 9.65. The molecule has 1 aliphatic carbocycles. The first-order valence-corrected chi connectivity index (χ1v) is 12.8. The first kappa shape index (κ1) is 22.8. The zero-order valence-corrected chi connectivity index (χ0v) is 19.3. The van der Waals surface area contributed by atoms with Crippen LogP contribution < -0.4 is 4.72 Å². The molecule has 4 rings (SSSR count). The lowest BCUT2D eigenvalue weighted by Crippen LogP contribution is -2.27. The molecule has 0 saturated heterocycles. The quantitative estimate of drug-likeness (QED) is 0.409. The molecule has 0 spiro atoms. The number of sulfonamides is 1. The van der Waals surface area contributed by atoms with Crippen LogP contribution in [-0.4, -0.2) is 31.0 Å². The van der Waals surface area contributed by atoms with Crippen molar-refractivity contribution in [2.24, 2.45) is 5.92 Å². The lowest BCUT2D eigenvalue weighted by atomic mass is 9.87. The van der Waals surface area contributed by atoms with E-state index in [1.807, 2.05) is 24.3 Å². The summed E-state index contributed by atoms with van der Waals surface area (Å²) in [4.78, 5) is 14.7. The number of hydrogen-bond donors (Lipinski definition) is 3. The number of carboxylic acids is 1. The first-order chi connectivity index (χ1) is 15.3. The Morgan fingerprint density at radius 3 is 2.62 bits per heavy atom. The number of fused-ring (bicyclic) bond motifs is 1. The molecule has 0 radical (unpaired) electrons. The number of nitrogens with one attached hydrogen (secondary N) is 2. The van der Waals surface area contributed by atoms with Gasteiger partial charge in [0.1, 0.15) is 4.90 Å². The Hall–Kier alpha value is -2.35. The summed E-state index contributed by atoms with van der Waals surface area (Å²) >= 11 is 6.28. The molecule has 1 heterocycles. The van der Waals surface area contributed by atoms with Crippen molar-refractivity contribution < 1.29 is 18.3 Å². The van der Waals surface area contributed by atoms with E-state index in [0.717, 1.165) is 30.2 Å². The highest BCUT2D eigenvalue weighted by Crippen LogP contribution is 2.34. The van der Waals surface area contributed by atoms with Crippen molar-refractivity contribution in [2.75, 3.05) is 6.54 Å². The number of hydrogen-bond acceptors (Lipinski definition) is 3. The van der Waals surface area contributed by atoms with Gasteiger partial charge in [-0.05, 0) is 41.7 Å². The van der Waals surface area contributed by atoms with Crippen molar-refractivity contribution in [3.05, 3.63) is 53.1 Å². The molecule has 0 atom stereocenters. The Balaban J connectivity index is 1.63. The first-order valence-electron chi connectivity index (χ1n) is 11.0. The third kappa shape index (κ3) is 5.00. The van der Waals surface area contributed by atoms with E-state index >= 15 is 0 Å².